The summed E-state index contributed by atoms with van der Waals surface area (Å²) in [5.74, 6) is -0.337. The summed E-state index contributed by atoms with van der Waals surface area (Å²) in [6.07, 6.45) is 0.897. The number of benzene rings is 1. The summed E-state index contributed by atoms with van der Waals surface area (Å²) in [6, 6.07) is 7.48. The maximum absolute atomic E-state index is 12.1. The van der Waals surface area contributed by atoms with Gasteiger partial charge in [0.2, 0.25) is 0 Å². The molecule has 0 bridgehead atoms. The van der Waals surface area contributed by atoms with Gasteiger partial charge in [-0.2, -0.15) is 5.10 Å². The third kappa shape index (κ3) is 2.77. The molecule has 1 N–H and O–H groups in total. The summed E-state index contributed by atoms with van der Waals surface area (Å²) >= 11 is 0. The number of fused-ring (bicyclic) bond motifs is 1. The van der Waals surface area contributed by atoms with E-state index in [1.165, 1.54) is 18.4 Å². The van der Waals surface area contributed by atoms with Crippen LogP contribution in [0.15, 0.2) is 24.3 Å². The zero-order valence-electron chi connectivity index (χ0n) is 14.1. The number of nitrogens with zero attached hydrogens (tertiary/aromatic N) is 2. The van der Waals surface area contributed by atoms with Crippen molar-refractivity contribution < 1.29 is 9.53 Å². The summed E-state index contributed by atoms with van der Waals surface area (Å²) in [5.41, 5.74) is 4.80. The summed E-state index contributed by atoms with van der Waals surface area (Å²) in [5, 5.41) is 8.30. The fourth-order valence-corrected chi connectivity index (χ4v) is 3.09. The van der Waals surface area contributed by atoms with E-state index in [-0.39, 0.29) is 11.4 Å². The molecular formula is C18H23N3O2. The quantitative estimate of drug-likeness (QED) is 0.866. The second kappa shape index (κ2) is 5.81. The highest BCUT2D eigenvalue weighted by Crippen LogP contribution is 2.31. The van der Waals surface area contributed by atoms with Crippen LogP contribution in [0.25, 0.3) is 5.69 Å². The SMILES string of the molecule is COC(=O)c1ccccc1-n1nc(C(C)(C)C)c2c1CCNC2. The molecule has 1 aromatic carbocycles. The van der Waals surface area contributed by atoms with Crippen molar-refractivity contribution >= 4 is 5.97 Å². The maximum Gasteiger partial charge on any atom is 0.340 e. The van der Waals surface area contributed by atoms with Gasteiger partial charge in [-0.3, -0.25) is 0 Å². The standard InChI is InChI=1S/C18H23N3O2/c1-18(2,3)16-13-11-19-10-9-15(13)21(20-16)14-8-6-5-7-12(14)17(22)23-4/h5-8,19H,9-11H2,1-4H3. The first-order valence-corrected chi connectivity index (χ1v) is 7.93. The number of hydrogen-bond donors (Lipinski definition) is 1. The van der Waals surface area contributed by atoms with Gasteiger partial charge in [-0.05, 0) is 12.1 Å². The van der Waals surface area contributed by atoms with Crippen LogP contribution in [0.4, 0.5) is 0 Å². The van der Waals surface area contributed by atoms with E-state index < -0.39 is 0 Å². The molecule has 0 spiro atoms. The van der Waals surface area contributed by atoms with Crippen molar-refractivity contribution in [2.75, 3.05) is 13.7 Å². The number of nitrogens with one attached hydrogen (secondary N) is 1. The van der Waals surface area contributed by atoms with Crippen LogP contribution in [-0.2, 0) is 23.1 Å². The maximum atomic E-state index is 12.1. The molecule has 0 saturated carbocycles. The number of hydrogen-bond acceptors (Lipinski definition) is 4. The third-order valence-electron chi connectivity index (χ3n) is 4.18. The normalized spacial score (nSPS) is 14.4. The van der Waals surface area contributed by atoms with E-state index in [1.54, 1.807) is 6.07 Å². The Bertz CT molecular complexity index is 741. The number of ether oxygens (including phenoxy) is 1. The molecule has 0 fully saturated rings. The molecule has 1 aliphatic heterocycles. The molecule has 1 aromatic heterocycles. The number of carbonyl (C=O) groups is 1. The molecule has 2 aromatic rings. The number of esters is 1. The number of aromatic nitrogens is 2. The number of rotatable bonds is 2. The molecule has 5 heteroatoms. The highest BCUT2D eigenvalue weighted by molar-refractivity contribution is 5.93. The molecule has 1 aliphatic rings. The lowest BCUT2D eigenvalue weighted by Crippen LogP contribution is -2.26. The lowest BCUT2D eigenvalue weighted by molar-refractivity contribution is 0.0600. The van der Waals surface area contributed by atoms with Crippen molar-refractivity contribution in [2.45, 2.75) is 39.2 Å². The van der Waals surface area contributed by atoms with Crippen LogP contribution in [0.1, 0.15) is 48.1 Å². The van der Waals surface area contributed by atoms with Crippen LogP contribution in [0.5, 0.6) is 0 Å². The van der Waals surface area contributed by atoms with E-state index in [0.29, 0.717) is 5.56 Å². The molecule has 0 radical (unpaired) electrons. The predicted octanol–water partition coefficient (Wildman–Crippen LogP) is 2.60. The molecule has 0 atom stereocenters. The van der Waals surface area contributed by atoms with Crippen LogP contribution in [-0.4, -0.2) is 29.4 Å². The lowest BCUT2D eigenvalue weighted by Gasteiger charge is -2.20. The second-order valence-corrected chi connectivity index (χ2v) is 6.87. The van der Waals surface area contributed by atoms with Crippen LogP contribution in [0.2, 0.25) is 0 Å². The smallest absolute Gasteiger partial charge is 0.340 e. The van der Waals surface area contributed by atoms with Crippen molar-refractivity contribution in [3.63, 3.8) is 0 Å². The van der Waals surface area contributed by atoms with Gasteiger partial charge in [0.1, 0.15) is 0 Å². The molecule has 0 aliphatic carbocycles. The van der Waals surface area contributed by atoms with Crippen molar-refractivity contribution in [1.82, 2.24) is 15.1 Å². The van der Waals surface area contributed by atoms with Crippen molar-refractivity contribution in [3.8, 4) is 5.69 Å². The highest BCUT2D eigenvalue weighted by atomic mass is 16.5. The molecular weight excluding hydrogens is 290 g/mol. The van der Waals surface area contributed by atoms with Gasteiger partial charge in [-0.1, -0.05) is 32.9 Å². The van der Waals surface area contributed by atoms with Crippen LogP contribution in [0.3, 0.4) is 0 Å². The molecule has 3 rings (SSSR count). The van der Waals surface area contributed by atoms with Crippen molar-refractivity contribution in [2.24, 2.45) is 0 Å². The minimum Gasteiger partial charge on any atom is -0.465 e. The van der Waals surface area contributed by atoms with Crippen LogP contribution >= 0.6 is 0 Å². The van der Waals surface area contributed by atoms with Gasteiger partial charge in [0, 0.05) is 30.5 Å². The number of carbonyl (C=O) groups excluding carboxylic acids is 1. The summed E-state index contributed by atoms with van der Waals surface area (Å²) in [7, 11) is 1.40. The van der Waals surface area contributed by atoms with Gasteiger partial charge >= 0.3 is 5.97 Å². The first-order chi connectivity index (χ1) is 10.9. The van der Waals surface area contributed by atoms with Gasteiger partial charge in [0.25, 0.3) is 0 Å². The first kappa shape index (κ1) is 15.7. The van der Waals surface area contributed by atoms with E-state index in [2.05, 4.69) is 26.1 Å². The Kier molecular flexibility index (Phi) is 3.98. The topological polar surface area (TPSA) is 56.2 Å². The van der Waals surface area contributed by atoms with E-state index in [9.17, 15) is 4.79 Å². The minimum atomic E-state index is -0.337. The molecule has 23 heavy (non-hydrogen) atoms. The van der Waals surface area contributed by atoms with Gasteiger partial charge in [0.15, 0.2) is 0 Å². The average Bonchev–Trinajstić information content (AvgIpc) is 2.94. The van der Waals surface area contributed by atoms with Crippen LogP contribution < -0.4 is 5.32 Å². The van der Waals surface area contributed by atoms with Gasteiger partial charge in [-0.25, -0.2) is 9.48 Å². The summed E-state index contributed by atoms with van der Waals surface area (Å²) < 4.78 is 6.86. The van der Waals surface area contributed by atoms with E-state index in [1.807, 2.05) is 22.9 Å². The Hall–Kier alpha value is -2.14. The number of para-hydroxylation sites is 1. The van der Waals surface area contributed by atoms with Crippen molar-refractivity contribution in [3.05, 3.63) is 46.8 Å². The van der Waals surface area contributed by atoms with Crippen LogP contribution in [0, 0.1) is 0 Å². The Labute approximate surface area is 136 Å². The lowest BCUT2D eigenvalue weighted by atomic mass is 9.88. The van der Waals surface area contributed by atoms with Gasteiger partial charge in [0.05, 0.1) is 29.7 Å². The second-order valence-electron chi connectivity index (χ2n) is 6.87. The van der Waals surface area contributed by atoms with E-state index in [0.717, 1.165) is 30.9 Å². The minimum absolute atomic E-state index is 0.0471. The molecule has 0 saturated heterocycles. The fraction of sp³-hybridized carbons (Fsp3) is 0.444. The monoisotopic (exact) mass is 313 g/mol. The Balaban J connectivity index is 2.22. The zero-order chi connectivity index (χ0) is 16.6. The van der Waals surface area contributed by atoms with E-state index in [4.69, 9.17) is 9.84 Å². The molecule has 122 valence electrons. The zero-order valence-corrected chi connectivity index (χ0v) is 14.1. The Morgan fingerprint density at radius 2 is 2.04 bits per heavy atom. The third-order valence-corrected chi connectivity index (χ3v) is 4.18. The molecule has 0 amide bonds. The molecule has 0 unspecified atom stereocenters. The largest absolute Gasteiger partial charge is 0.465 e. The molecule has 5 nitrogen and oxygen atoms in total. The fourth-order valence-electron chi connectivity index (χ4n) is 3.09. The average molecular weight is 313 g/mol. The number of methoxy groups -OCH3 is 1. The predicted molar refractivity (Wildman–Crippen MR) is 89.0 cm³/mol. The summed E-state index contributed by atoms with van der Waals surface area (Å²) in [6.45, 7) is 8.24. The first-order valence-electron chi connectivity index (χ1n) is 7.93. The highest BCUT2D eigenvalue weighted by Gasteiger charge is 2.29. The van der Waals surface area contributed by atoms with Gasteiger partial charge < -0.3 is 10.1 Å². The van der Waals surface area contributed by atoms with E-state index >= 15 is 0 Å². The van der Waals surface area contributed by atoms with Crippen molar-refractivity contribution in [1.29, 1.82) is 0 Å². The Morgan fingerprint density at radius 1 is 1.30 bits per heavy atom. The van der Waals surface area contributed by atoms with Gasteiger partial charge in [-0.15, -0.1) is 0 Å². The Morgan fingerprint density at radius 3 is 2.74 bits per heavy atom. The summed E-state index contributed by atoms with van der Waals surface area (Å²) in [4.78, 5) is 12.1. The molecule has 2 heterocycles.